The molecule has 2 rings (SSSR count). The molecule has 16 heavy (non-hydrogen) atoms. The first-order valence-corrected chi connectivity index (χ1v) is 4.66. The van der Waals surface area contributed by atoms with Gasteiger partial charge in [0.2, 0.25) is 0 Å². The fourth-order valence-corrected chi connectivity index (χ4v) is 1.41. The number of aryl methyl sites for hydroxylation is 1. The topological polar surface area (TPSA) is 28.7 Å². The number of nitrogens with zero attached hydrogens (tertiary/aromatic N) is 1. The van der Waals surface area contributed by atoms with E-state index < -0.39 is 11.7 Å². The van der Waals surface area contributed by atoms with Gasteiger partial charge in [-0.1, -0.05) is 12.1 Å². The Bertz CT molecular complexity index is 483. The molecule has 84 valence electrons. The van der Waals surface area contributed by atoms with Gasteiger partial charge >= 0.3 is 6.18 Å². The van der Waals surface area contributed by atoms with Crippen LogP contribution in [0.25, 0.3) is 11.3 Å². The number of rotatable bonds is 1. The Balaban J connectivity index is 2.33. The summed E-state index contributed by atoms with van der Waals surface area (Å²) in [6, 6.07) is 4.97. The largest absolute Gasteiger partial charge is 0.416 e. The number of aromatic amines is 1. The molecule has 2 aromatic rings. The van der Waals surface area contributed by atoms with Crippen LogP contribution in [-0.2, 0) is 6.18 Å². The predicted octanol–water partition coefficient (Wildman–Crippen LogP) is 3.40. The Morgan fingerprint density at radius 3 is 2.19 bits per heavy atom. The molecule has 0 aliphatic rings. The van der Waals surface area contributed by atoms with Gasteiger partial charge in [0.25, 0.3) is 0 Å². The highest BCUT2D eigenvalue weighted by molar-refractivity contribution is 5.58. The lowest BCUT2D eigenvalue weighted by molar-refractivity contribution is -0.137. The lowest BCUT2D eigenvalue weighted by Gasteiger charge is -2.06. The van der Waals surface area contributed by atoms with Gasteiger partial charge in [0.15, 0.2) is 0 Å². The Labute approximate surface area is 90.1 Å². The van der Waals surface area contributed by atoms with Crippen LogP contribution in [0.2, 0.25) is 0 Å². The van der Waals surface area contributed by atoms with E-state index in [9.17, 15) is 13.2 Å². The van der Waals surface area contributed by atoms with Gasteiger partial charge in [-0.05, 0) is 24.6 Å². The summed E-state index contributed by atoms with van der Waals surface area (Å²) in [4.78, 5) is 6.94. The third-order valence-corrected chi connectivity index (χ3v) is 2.23. The van der Waals surface area contributed by atoms with Crippen molar-refractivity contribution in [2.24, 2.45) is 0 Å². The average molecular weight is 226 g/mol. The summed E-state index contributed by atoms with van der Waals surface area (Å²) in [5.41, 5.74) is 0.757. The van der Waals surface area contributed by atoms with Crippen LogP contribution in [0.15, 0.2) is 30.5 Å². The minimum Gasteiger partial charge on any atom is -0.342 e. The predicted molar refractivity (Wildman–Crippen MR) is 53.8 cm³/mol. The zero-order chi connectivity index (χ0) is 11.8. The molecule has 0 aliphatic carbocycles. The number of imidazole rings is 1. The Kier molecular flexibility index (Phi) is 2.46. The van der Waals surface area contributed by atoms with Crippen LogP contribution in [0.5, 0.6) is 0 Å². The summed E-state index contributed by atoms with van der Waals surface area (Å²) >= 11 is 0. The standard InChI is InChI=1S/C11H9F3N2/c1-7-15-6-10(16-7)8-2-4-9(5-3-8)11(12,13)14/h2-6H,1H3,(H,15,16). The molecule has 0 unspecified atom stereocenters. The molecule has 0 saturated carbocycles. The number of benzene rings is 1. The number of nitrogens with one attached hydrogen (secondary N) is 1. The summed E-state index contributed by atoms with van der Waals surface area (Å²) in [5.74, 6) is 0.731. The van der Waals surface area contributed by atoms with Crippen LogP contribution in [0.1, 0.15) is 11.4 Å². The number of alkyl halides is 3. The fourth-order valence-electron chi connectivity index (χ4n) is 1.41. The highest BCUT2D eigenvalue weighted by Gasteiger charge is 2.29. The van der Waals surface area contributed by atoms with Crippen LogP contribution in [-0.4, -0.2) is 9.97 Å². The normalized spacial score (nSPS) is 11.8. The molecule has 5 heteroatoms. The molecular formula is C11H9F3N2. The molecule has 0 radical (unpaired) electrons. The van der Waals surface area contributed by atoms with Crippen molar-refractivity contribution in [3.8, 4) is 11.3 Å². The van der Waals surface area contributed by atoms with E-state index in [2.05, 4.69) is 9.97 Å². The van der Waals surface area contributed by atoms with Crippen molar-refractivity contribution in [1.29, 1.82) is 0 Å². The summed E-state index contributed by atoms with van der Waals surface area (Å²) < 4.78 is 36.9. The van der Waals surface area contributed by atoms with Gasteiger partial charge in [-0.2, -0.15) is 13.2 Å². The van der Waals surface area contributed by atoms with E-state index >= 15 is 0 Å². The molecule has 0 saturated heterocycles. The number of hydrogen-bond acceptors (Lipinski definition) is 1. The number of aromatic nitrogens is 2. The van der Waals surface area contributed by atoms with Gasteiger partial charge in [-0.25, -0.2) is 4.98 Å². The summed E-state index contributed by atoms with van der Waals surface area (Å²) in [6.45, 7) is 1.79. The summed E-state index contributed by atoms with van der Waals surface area (Å²) in [7, 11) is 0. The van der Waals surface area contributed by atoms with Crippen LogP contribution in [0.3, 0.4) is 0 Å². The maximum atomic E-state index is 12.3. The van der Waals surface area contributed by atoms with E-state index in [0.29, 0.717) is 11.3 Å². The van der Waals surface area contributed by atoms with Crippen LogP contribution in [0, 0.1) is 6.92 Å². The van der Waals surface area contributed by atoms with E-state index in [1.807, 2.05) is 0 Å². The molecule has 0 aliphatic heterocycles. The Hall–Kier alpha value is -1.78. The third-order valence-electron chi connectivity index (χ3n) is 2.23. The molecule has 0 bridgehead atoms. The van der Waals surface area contributed by atoms with E-state index in [4.69, 9.17) is 0 Å². The van der Waals surface area contributed by atoms with Crippen molar-refractivity contribution in [3.63, 3.8) is 0 Å². The first-order chi connectivity index (χ1) is 7.47. The van der Waals surface area contributed by atoms with Crippen molar-refractivity contribution >= 4 is 0 Å². The zero-order valence-corrected chi connectivity index (χ0v) is 8.47. The molecule has 0 amide bonds. The first-order valence-electron chi connectivity index (χ1n) is 4.66. The molecule has 0 fully saturated rings. The van der Waals surface area contributed by atoms with Crippen molar-refractivity contribution in [3.05, 3.63) is 41.9 Å². The second-order valence-corrected chi connectivity index (χ2v) is 3.46. The molecule has 0 atom stereocenters. The maximum Gasteiger partial charge on any atom is 0.416 e. The van der Waals surface area contributed by atoms with Crippen LogP contribution < -0.4 is 0 Å². The smallest absolute Gasteiger partial charge is 0.342 e. The number of H-pyrrole nitrogens is 1. The van der Waals surface area contributed by atoms with Crippen molar-refractivity contribution < 1.29 is 13.2 Å². The van der Waals surface area contributed by atoms with Crippen molar-refractivity contribution in [1.82, 2.24) is 9.97 Å². The molecule has 2 nitrogen and oxygen atoms in total. The third kappa shape index (κ3) is 2.08. The second kappa shape index (κ2) is 3.66. The Morgan fingerprint density at radius 1 is 1.12 bits per heavy atom. The summed E-state index contributed by atoms with van der Waals surface area (Å²) in [5, 5.41) is 0. The highest BCUT2D eigenvalue weighted by atomic mass is 19.4. The maximum absolute atomic E-state index is 12.3. The van der Waals surface area contributed by atoms with E-state index in [-0.39, 0.29) is 0 Å². The lowest BCUT2D eigenvalue weighted by atomic mass is 10.1. The zero-order valence-electron chi connectivity index (χ0n) is 8.47. The lowest BCUT2D eigenvalue weighted by Crippen LogP contribution is -2.03. The molecule has 1 aromatic carbocycles. The molecule has 0 spiro atoms. The van der Waals surface area contributed by atoms with Gasteiger partial charge in [0.05, 0.1) is 17.5 Å². The average Bonchev–Trinajstić information content (AvgIpc) is 2.64. The first kappa shape index (κ1) is 10.7. The van der Waals surface area contributed by atoms with Gasteiger partial charge < -0.3 is 4.98 Å². The van der Waals surface area contributed by atoms with Crippen molar-refractivity contribution in [2.45, 2.75) is 13.1 Å². The quantitative estimate of drug-likeness (QED) is 0.793. The summed E-state index contributed by atoms with van der Waals surface area (Å²) in [6.07, 6.45) is -2.69. The van der Waals surface area contributed by atoms with E-state index in [0.717, 1.165) is 18.0 Å². The molecule has 1 heterocycles. The van der Waals surface area contributed by atoms with Crippen LogP contribution >= 0.6 is 0 Å². The molecular weight excluding hydrogens is 217 g/mol. The van der Waals surface area contributed by atoms with Crippen LogP contribution in [0.4, 0.5) is 13.2 Å². The minimum absolute atomic E-state index is 0.646. The molecule has 1 N–H and O–H groups in total. The minimum atomic E-state index is -4.29. The highest BCUT2D eigenvalue weighted by Crippen LogP contribution is 2.30. The van der Waals surface area contributed by atoms with Gasteiger partial charge in [-0.15, -0.1) is 0 Å². The fraction of sp³-hybridized carbons (Fsp3) is 0.182. The van der Waals surface area contributed by atoms with Gasteiger partial charge in [-0.3, -0.25) is 0 Å². The number of halogens is 3. The van der Waals surface area contributed by atoms with Gasteiger partial charge in [0.1, 0.15) is 5.82 Å². The molecule has 1 aromatic heterocycles. The van der Waals surface area contributed by atoms with Crippen molar-refractivity contribution in [2.75, 3.05) is 0 Å². The van der Waals surface area contributed by atoms with Gasteiger partial charge in [0, 0.05) is 0 Å². The number of hydrogen-bond donors (Lipinski definition) is 1. The van der Waals surface area contributed by atoms with E-state index in [1.54, 1.807) is 13.1 Å². The second-order valence-electron chi connectivity index (χ2n) is 3.46. The SMILES string of the molecule is Cc1ncc(-c2ccc(C(F)(F)F)cc2)[nH]1. The Morgan fingerprint density at radius 2 is 1.75 bits per heavy atom. The monoisotopic (exact) mass is 226 g/mol. The van der Waals surface area contributed by atoms with E-state index in [1.165, 1.54) is 12.1 Å².